The van der Waals surface area contributed by atoms with Gasteiger partial charge in [-0.2, -0.15) is 0 Å². The average molecular weight is 304 g/mol. The maximum atomic E-state index is 12.1. The highest BCUT2D eigenvalue weighted by molar-refractivity contribution is 5.89. The van der Waals surface area contributed by atoms with Crippen LogP contribution in [0.25, 0.3) is 0 Å². The molecule has 1 aromatic rings. The lowest BCUT2D eigenvalue weighted by Gasteiger charge is -2.22. The molecule has 5 heteroatoms. The number of benzene rings is 1. The summed E-state index contributed by atoms with van der Waals surface area (Å²) < 4.78 is 5.34. The fourth-order valence-electron chi connectivity index (χ4n) is 2.55. The molecule has 0 amide bonds. The number of carbonyl (C=O) groups is 2. The molecule has 1 fully saturated rings. The van der Waals surface area contributed by atoms with E-state index in [1.807, 2.05) is 49.1 Å². The zero-order chi connectivity index (χ0) is 16.1. The summed E-state index contributed by atoms with van der Waals surface area (Å²) in [5, 5.41) is 3.23. The lowest BCUT2D eigenvalue weighted by Crippen LogP contribution is -2.43. The number of carbonyl (C=O) groups excluding carboxylic acids is 2. The quantitative estimate of drug-likeness (QED) is 0.804. The van der Waals surface area contributed by atoms with Gasteiger partial charge in [-0.25, -0.2) is 0 Å². The topological polar surface area (TPSA) is 58.6 Å². The Kier molecular flexibility index (Phi) is 5.69. The fourth-order valence-corrected chi connectivity index (χ4v) is 2.55. The highest BCUT2D eigenvalue weighted by atomic mass is 16.5. The fraction of sp³-hybridized carbons (Fsp3) is 0.529. The zero-order valence-corrected chi connectivity index (χ0v) is 13.4. The molecule has 2 atom stereocenters. The van der Waals surface area contributed by atoms with E-state index in [4.69, 9.17) is 4.74 Å². The summed E-state index contributed by atoms with van der Waals surface area (Å²) in [4.78, 5) is 26.0. The van der Waals surface area contributed by atoms with Crippen molar-refractivity contribution >= 4 is 11.8 Å². The highest BCUT2D eigenvalue weighted by Gasteiger charge is 2.36. The minimum atomic E-state index is -0.411. The van der Waals surface area contributed by atoms with Gasteiger partial charge < -0.3 is 10.1 Å². The second-order valence-corrected chi connectivity index (χ2v) is 6.04. The molecule has 0 spiro atoms. The van der Waals surface area contributed by atoms with Gasteiger partial charge in [-0.1, -0.05) is 44.2 Å². The van der Waals surface area contributed by atoms with E-state index >= 15 is 0 Å². The largest absolute Gasteiger partial charge is 0.460 e. The van der Waals surface area contributed by atoms with E-state index in [0.29, 0.717) is 13.1 Å². The van der Waals surface area contributed by atoms with Crippen LogP contribution in [-0.2, 0) is 20.9 Å². The third-order valence-electron chi connectivity index (χ3n) is 3.81. The maximum absolute atomic E-state index is 12.1. The first-order chi connectivity index (χ1) is 10.5. The molecule has 0 aliphatic carbocycles. The van der Waals surface area contributed by atoms with E-state index in [1.54, 1.807) is 6.92 Å². The molecule has 2 rings (SSSR count). The SMILES string of the molecule is CC(C)N[C@@H]1CN(C(C)C(=O)OCc2ccccc2)CC1=O. The lowest BCUT2D eigenvalue weighted by atomic mass is 10.2. The second-order valence-electron chi connectivity index (χ2n) is 6.04. The number of ether oxygens (including phenoxy) is 1. The number of ketones is 1. The van der Waals surface area contributed by atoms with Gasteiger partial charge in [0.15, 0.2) is 5.78 Å². The van der Waals surface area contributed by atoms with Gasteiger partial charge in [0.25, 0.3) is 0 Å². The van der Waals surface area contributed by atoms with Crippen molar-refractivity contribution in [1.29, 1.82) is 0 Å². The van der Waals surface area contributed by atoms with Crippen molar-refractivity contribution in [2.45, 2.75) is 45.5 Å². The Balaban J connectivity index is 1.84. The van der Waals surface area contributed by atoms with Gasteiger partial charge >= 0.3 is 5.97 Å². The molecular weight excluding hydrogens is 280 g/mol. The molecule has 5 nitrogen and oxygen atoms in total. The van der Waals surface area contributed by atoms with Crippen LogP contribution in [-0.4, -0.2) is 47.9 Å². The molecule has 1 aliphatic heterocycles. The van der Waals surface area contributed by atoms with Crippen LogP contribution >= 0.6 is 0 Å². The molecule has 1 aromatic carbocycles. The third kappa shape index (κ3) is 4.39. The standard InChI is InChI=1S/C17H24N2O3/c1-12(2)18-15-9-19(10-16(15)20)13(3)17(21)22-11-14-7-5-4-6-8-14/h4-8,12-13,15,18H,9-11H2,1-3H3/t13?,15-/m1/s1. The Bertz CT molecular complexity index is 516. The molecule has 120 valence electrons. The van der Waals surface area contributed by atoms with Crippen LogP contribution in [0.3, 0.4) is 0 Å². The summed E-state index contributed by atoms with van der Waals surface area (Å²) in [5.41, 5.74) is 0.958. The Hall–Kier alpha value is -1.72. The molecule has 0 radical (unpaired) electrons. The van der Waals surface area contributed by atoms with E-state index in [0.717, 1.165) is 5.56 Å². The van der Waals surface area contributed by atoms with Gasteiger partial charge in [0.05, 0.1) is 12.6 Å². The Morgan fingerprint density at radius 2 is 2.00 bits per heavy atom. The number of nitrogens with one attached hydrogen (secondary N) is 1. The number of rotatable bonds is 6. The molecule has 1 heterocycles. The molecule has 1 unspecified atom stereocenters. The molecule has 0 bridgehead atoms. The van der Waals surface area contributed by atoms with Crippen LogP contribution in [0.15, 0.2) is 30.3 Å². The van der Waals surface area contributed by atoms with E-state index < -0.39 is 6.04 Å². The molecule has 1 aliphatic rings. The van der Waals surface area contributed by atoms with Crippen LogP contribution in [0.5, 0.6) is 0 Å². The second kappa shape index (κ2) is 7.51. The summed E-state index contributed by atoms with van der Waals surface area (Å²) in [7, 11) is 0. The van der Waals surface area contributed by atoms with Crippen molar-refractivity contribution in [3.8, 4) is 0 Å². The number of likely N-dealkylation sites (tertiary alicyclic amines) is 1. The van der Waals surface area contributed by atoms with Crippen LogP contribution < -0.4 is 5.32 Å². The van der Waals surface area contributed by atoms with Gasteiger partial charge in [-0.3, -0.25) is 14.5 Å². The predicted octanol–water partition coefficient (Wildman–Crippen LogP) is 1.37. The van der Waals surface area contributed by atoms with E-state index in [9.17, 15) is 9.59 Å². The van der Waals surface area contributed by atoms with E-state index in [1.165, 1.54) is 0 Å². The molecule has 0 aromatic heterocycles. The number of hydrogen-bond acceptors (Lipinski definition) is 5. The first kappa shape index (κ1) is 16.6. The molecule has 22 heavy (non-hydrogen) atoms. The van der Waals surface area contributed by atoms with E-state index in [2.05, 4.69) is 5.32 Å². The number of nitrogens with zero attached hydrogens (tertiary/aromatic N) is 1. The van der Waals surface area contributed by atoms with Crippen molar-refractivity contribution in [3.63, 3.8) is 0 Å². The zero-order valence-electron chi connectivity index (χ0n) is 13.4. The highest BCUT2D eigenvalue weighted by Crippen LogP contribution is 2.13. The minimum Gasteiger partial charge on any atom is -0.460 e. The van der Waals surface area contributed by atoms with Crippen LogP contribution in [0, 0.1) is 0 Å². The van der Waals surface area contributed by atoms with Crippen molar-refractivity contribution in [1.82, 2.24) is 10.2 Å². The third-order valence-corrected chi connectivity index (χ3v) is 3.81. The van der Waals surface area contributed by atoms with Crippen molar-refractivity contribution in [3.05, 3.63) is 35.9 Å². The molecule has 0 saturated carbocycles. The smallest absolute Gasteiger partial charge is 0.323 e. The molecular formula is C17H24N2O3. The first-order valence-electron chi connectivity index (χ1n) is 7.70. The number of hydrogen-bond donors (Lipinski definition) is 1. The van der Waals surface area contributed by atoms with Crippen molar-refractivity contribution in [2.24, 2.45) is 0 Å². The summed E-state index contributed by atoms with van der Waals surface area (Å²) in [6, 6.07) is 9.22. The van der Waals surface area contributed by atoms with Gasteiger partial charge in [0.2, 0.25) is 0 Å². The summed E-state index contributed by atoms with van der Waals surface area (Å²) in [6.45, 7) is 6.92. The lowest BCUT2D eigenvalue weighted by molar-refractivity contribution is -0.150. The molecule has 1 saturated heterocycles. The van der Waals surface area contributed by atoms with Gasteiger partial charge in [-0.15, -0.1) is 0 Å². The normalized spacial score (nSPS) is 20.4. The summed E-state index contributed by atoms with van der Waals surface area (Å²) in [5.74, 6) is -0.154. The maximum Gasteiger partial charge on any atom is 0.323 e. The van der Waals surface area contributed by atoms with Crippen LogP contribution in [0.1, 0.15) is 26.3 Å². The monoisotopic (exact) mass is 304 g/mol. The Labute approximate surface area is 131 Å². The van der Waals surface area contributed by atoms with Crippen LogP contribution in [0.4, 0.5) is 0 Å². The van der Waals surface area contributed by atoms with Crippen molar-refractivity contribution in [2.75, 3.05) is 13.1 Å². The first-order valence-corrected chi connectivity index (χ1v) is 7.70. The summed E-state index contributed by atoms with van der Waals surface area (Å²) in [6.07, 6.45) is 0. The van der Waals surface area contributed by atoms with Gasteiger partial charge in [0.1, 0.15) is 12.6 Å². The minimum absolute atomic E-state index is 0.136. The number of Topliss-reactive ketones (excluding diaryl/α,β-unsaturated/α-hetero) is 1. The molecule has 1 N–H and O–H groups in total. The number of esters is 1. The summed E-state index contributed by atoms with van der Waals surface area (Å²) >= 11 is 0. The van der Waals surface area contributed by atoms with Crippen LogP contribution in [0.2, 0.25) is 0 Å². The van der Waals surface area contributed by atoms with Crippen molar-refractivity contribution < 1.29 is 14.3 Å². The van der Waals surface area contributed by atoms with Gasteiger partial charge in [-0.05, 0) is 12.5 Å². The Morgan fingerprint density at radius 1 is 1.32 bits per heavy atom. The Morgan fingerprint density at radius 3 is 2.64 bits per heavy atom. The average Bonchev–Trinajstić information content (AvgIpc) is 2.85. The van der Waals surface area contributed by atoms with E-state index in [-0.39, 0.29) is 30.4 Å². The van der Waals surface area contributed by atoms with Gasteiger partial charge in [0, 0.05) is 12.6 Å². The predicted molar refractivity (Wildman–Crippen MR) is 84.3 cm³/mol.